The molecule has 108 valence electrons. The summed E-state index contributed by atoms with van der Waals surface area (Å²) in [6, 6.07) is 10.4. The van der Waals surface area contributed by atoms with Crippen LogP contribution in [0.2, 0.25) is 0 Å². The summed E-state index contributed by atoms with van der Waals surface area (Å²) < 4.78 is 28.9. The Balaban J connectivity index is 2.07. The normalized spacial score (nSPS) is 18.0. The number of para-hydroxylation sites is 1. The van der Waals surface area contributed by atoms with Gasteiger partial charge in [0.25, 0.3) is 0 Å². The van der Waals surface area contributed by atoms with Gasteiger partial charge in [-0.15, -0.1) is 0 Å². The first-order valence-corrected chi connectivity index (χ1v) is 7.16. The summed E-state index contributed by atoms with van der Waals surface area (Å²) in [4.78, 5) is 5.66. The summed E-state index contributed by atoms with van der Waals surface area (Å²) in [6.07, 6.45) is 0. The van der Waals surface area contributed by atoms with E-state index in [-0.39, 0.29) is 18.3 Å². The van der Waals surface area contributed by atoms with E-state index in [1.807, 2.05) is 0 Å². The lowest BCUT2D eigenvalue weighted by atomic mass is 10.0. The van der Waals surface area contributed by atoms with E-state index in [0.717, 1.165) is 4.47 Å². The van der Waals surface area contributed by atoms with Crippen molar-refractivity contribution in [1.29, 1.82) is 0 Å². The Bertz CT molecular complexity index is 718. The first-order chi connectivity index (χ1) is 10.1. The molecular weight excluding hydrogens is 340 g/mol. The predicted octanol–water partition coefficient (Wildman–Crippen LogP) is 3.60. The molecule has 0 spiro atoms. The highest BCUT2D eigenvalue weighted by Gasteiger charge is 2.32. The molecule has 1 heterocycles. The Morgan fingerprint density at radius 1 is 1.14 bits per heavy atom. The summed E-state index contributed by atoms with van der Waals surface area (Å²) in [7, 11) is 0. The number of aliphatic imine (C=N–C) groups is 1. The summed E-state index contributed by atoms with van der Waals surface area (Å²) >= 11 is 3.32. The maximum absolute atomic E-state index is 14.1. The Labute approximate surface area is 129 Å². The fourth-order valence-corrected chi connectivity index (χ4v) is 2.82. The lowest BCUT2D eigenvalue weighted by Gasteiger charge is -2.27. The topological polar surface area (TPSA) is 41.6 Å². The molecule has 0 fully saturated rings. The average molecular weight is 352 g/mol. The number of nitrogens with zero attached hydrogens (tertiary/aromatic N) is 2. The maximum Gasteiger partial charge on any atom is 0.196 e. The quantitative estimate of drug-likeness (QED) is 0.897. The molecule has 1 aliphatic heterocycles. The van der Waals surface area contributed by atoms with Crippen LogP contribution in [-0.2, 0) is 0 Å². The number of anilines is 1. The van der Waals surface area contributed by atoms with Crippen LogP contribution in [0.25, 0.3) is 0 Å². The van der Waals surface area contributed by atoms with Crippen LogP contribution in [0.5, 0.6) is 0 Å². The second-order valence-electron chi connectivity index (χ2n) is 4.70. The average Bonchev–Trinajstić information content (AvgIpc) is 2.84. The molecule has 0 amide bonds. The molecule has 1 atom stereocenters. The standard InChI is InChI=1S/C15H12BrF2N3/c16-9-5-6-11(17)10(7-9)14-8-20-15(19)21(14)13-4-2-1-3-12(13)18/h1-7,14H,8H2,(H2,19,20). The predicted molar refractivity (Wildman–Crippen MR) is 82.2 cm³/mol. The maximum atomic E-state index is 14.1. The minimum absolute atomic E-state index is 0.185. The number of halogens is 3. The minimum atomic E-state index is -0.459. The molecule has 2 aromatic carbocycles. The van der Waals surface area contributed by atoms with Crippen molar-refractivity contribution in [1.82, 2.24) is 0 Å². The molecule has 2 aromatic rings. The Morgan fingerprint density at radius 3 is 2.67 bits per heavy atom. The number of nitrogens with two attached hydrogens (primary N) is 1. The van der Waals surface area contributed by atoms with Crippen molar-refractivity contribution in [3.05, 3.63) is 64.1 Å². The van der Waals surface area contributed by atoms with Crippen molar-refractivity contribution in [2.75, 3.05) is 11.4 Å². The highest BCUT2D eigenvalue weighted by molar-refractivity contribution is 9.10. The van der Waals surface area contributed by atoms with Crippen molar-refractivity contribution in [3.8, 4) is 0 Å². The monoisotopic (exact) mass is 351 g/mol. The van der Waals surface area contributed by atoms with Gasteiger partial charge in [0.15, 0.2) is 5.96 Å². The molecule has 0 saturated carbocycles. The van der Waals surface area contributed by atoms with Crippen molar-refractivity contribution in [2.45, 2.75) is 6.04 Å². The molecule has 0 saturated heterocycles. The zero-order valence-electron chi connectivity index (χ0n) is 10.9. The van der Waals surface area contributed by atoms with Gasteiger partial charge in [-0.1, -0.05) is 28.1 Å². The molecule has 1 unspecified atom stereocenters. The zero-order chi connectivity index (χ0) is 15.0. The van der Waals surface area contributed by atoms with Gasteiger partial charge in [0.05, 0.1) is 18.3 Å². The molecule has 0 bridgehead atoms. The van der Waals surface area contributed by atoms with Gasteiger partial charge in [0, 0.05) is 10.0 Å². The van der Waals surface area contributed by atoms with Gasteiger partial charge in [-0.3, -0.25) is 4.99 Å². The fourth-order valence-electron chi connectivity index (χ4n) is 2.44. The Kier molecular flexibility index (Phi) is 3.63. The first-order valence-electron chi connectivity index (χ1n) is 6.36. The second-order valence-corrected chi connectivity index (χ2v) is 5.62. The second kappa shape index (κ2) is 5.44. The van der Waals surface area contributed by atoms with E-state index >= 15 is 0 Å². The summed E-state index contributed by atoms with van der Waals surface area (Å²) in [5.74, 6) is -0.600. The molecule has 0 radical (unpaired) electrons. The van der Waals surface area contributed by atoms with E-state index in [9.17, 15) is 8.78 Å². The largest absolute Gasteiger partial charge is 0.369 e. The number of rotatable bonds is 2. The van der Waals surface area contributed by atoms with Crippen molar-refractivity contribution >= 4 is 27.6 Å². The fraction of sp³-hybridized carbons (Fsp3) is 0.133. The Hall–Kier alpha value is -1.95. The van der Waals surface area contributed by atoms with E-state index in [4.69, 9.17) is 5.73 Å². The molecular formula is C15H12BrF2N3. The van der Waals surface area contributed by atoms with Gasteiger partial charge in [-0.2, -0.15) is 0 Å². The van der Waals surface area contributed by atoms with Crippen LogP contribution in [0.1, 0.15) is 11.6 Å². The van der Waals surface area contributed by atoms with Gasteiger partial charge in [0.1, 0.15) is 11.6 Å². The van der Waals surface area contributed by atoms with Crippen molar-refractivity contribution in [3.63, 3.8) is 0 Å². The highest BCUT2D eigenvalue weighted by Crippen LogP contribution is 2.34. The third kappa shape index (κ3) is 2.51. The van der Waals surface area contributed by atoms with E-state index in [1.54, 1.807) is 30.3 Å². The molecule has 21 heavy (non-hydrogen) atoms. The number of hydrogen-bond acceptors (Lipinski definition) is 3. The summed E-state index contributed by atoms with van der Waals surface area (Å²) in [5.41, 5.74) is 6.59. The third-order valence-corrected chi connectivity index (χ3v) is 3.91. The van der Waals surface area contributed by atoms with Crippen LogP contribution in [0.4, 0.5) is 14.5 Å². The lowest BCUT2D eigenvalue weighted by Crippen LogP contribution is -2.37. The molecule has 3 rings (SSSR count). The van der Waals surface area contributed by atoms with Gasteiger partial charge in [-0.25, -0.2) is 8.78 Å². The van der Waals surface area contributed by atoms with Crippen LogP contribution in [0.3, 0.4) is 0 Å². The van der Waals surface area contributed by atoms with Gasteiger partial charge in [-0.05, 0) is 30.3 Å². The van der Waals surface area contributed by atoms with E-state index < -0.39 is 11.9 Å². The van der Waals surface area contributed by atoms with E-state index in [0.29, 0.717) is 11.3 Å². The first kappa shape index (κ1) is 14.0. The minimum Gasteiger partial charge on any atom is -0.369 e. The van der Waals surface area contributed by atoms with Crippen molar-refractivity contribution in [2.24, 2.45) is 10.7 Å². The molecule has 1 aliphatic rings. The number of benzene rings is 2. The third-order valence-electron chi connectivity index (χ3n) is 3.41. The summed E-state index contributed by atoms with van der Waals surface area (Å²) in [5, 5.41) is 0. The molecule has 3 nitrogen and oxygen atoms in total. The SMILES string of the molecule is NC1=NCC(c2cc(Br)ccc2F)N1c1ccccc1F. The van der Waals surface area contributed by atoms with E-state index in [2.05, 4.69) is 20.9 Å². The van der Waals surface area contributed by atoms with Crippen molar-refractivity contribution < 1.29 is 8.78 Å². The van der Waals surface area contributed by atoms with E-state index in [1.165, 1.54) is 17.0 Å². The van der Waals surface area contributed by atoms with Crippen LogP contribution in [0.15, 0.2) is 51.9 Å². The van der Waals surface area contributed by atoms with Crippen LogP contribution in [-0.4, -0.2) is 12.5 Å². The van der Waals surface area contributed by atoms with Crippen LogP contribution in [0, 0.1) is 11.6 Å². The van der Waals surface area contributed by atoms with Gasteiger partial charge in [0.2, 0.25) is 0 Å². The Morgan fingerprint density at radius 2 is 1.90 bits per heavy atom. The van der Waals surface area contributed by atoms with Crippen LogP contribution >= 0.6 is 15.9 Å². The molecule has 6 heteroatoms. The summed E-state index contributed by atoms with van der Waals surface area (Å²) in [6.45, 7) is 0.285. The highest BCUT2D eigenvalue weighted by atomic mass is 79.9. The smallest absolute Gasteiger partial charge is 0.196 e. The van der Waals surface area contributed by atoms with Gasteiger partial charge >= 0.3 is 0 Å². The molecule has 0 aliphatic carbocycles. The van der Waals surface area contributed by atoms with Gasteiger partial charge < -0.3 is 10.6 Å². The molecule has 2 N–H and O–H groups in total. The molecule has 0 aromatic heterocycles. The zero-order valence-corrected chi connectivity index (χ0v) is 12.5. The lowest BCUT2D eigenvalue weighted by molar-refractivity contribution is 0.582. The number of guanidine groups is 1. The van der Waals surface area contributed by atoms with Crippen LogP contribution < -0.4 is 10.6 Å². The number of hydrogen-bond donors (Lipinski definition) is 1.